The van der Waals surface area contributed by atoms with E-state index in [1.54, 1.807) is 30.6 Å². The van der Waals surface area contributed by atoms with E-state index >= 15 is 0 Å². The van der Waals surface area contributed by atoms with E-state index < -0.39 is 17.6 Å². The van der Waals surface area contributed by atoms with E-state index in [4.69, 9.17) is 5.73 Å². The Kier molecular flexibility index (Phi) is 5.60. The van der Waals surface area contributed by atoms with Crippen molar-refractivity contribution in [2.45, 2.75) is 19.1 Å². The maximum Gasteiger partial charge on any atom is 0.417 e. The normalized spacial score (nSPS) is 14.1. The number of hydrogen-bond donors (Lipinski definition) is 3. The van der Waals surface area contributed by atoms with Gasteiger partial charge in [0.05, 0.1) is 41.1 Å². The van der Waals surface area contributed by atoms with Gasteiger partial charge in [-0.25, -0.2) is 0 Å². The maximum absolute atomic E-state index is 12.9. The van der Waals surface area contributed by atoms with Crippen LogP contribution in [0, 0.1) is 6.92 Å². The summed E-state index contributed by atoms with van der Waals surface area (Å²) in [5.74, 6) is -0.518. The quantitative estimate of drug-likeness (QED) is 0.554. The molecular weight excluding hydrogens is 421 g/mol. The van der Waals surface area contributed by atoms with Crippen LogP contribution in [0.2, 0.25) is 0 Å². The van der Waals surface area contributed by atoms with Gasteiger partial charge in [-0.05, 0) is 36.8 Å². The van der Waals surface area contributed by atoms with Crippen LogP contribution in [0.15, 0.2) is 55.1 Å². The fourth-order valence-corrected chi connectivity index (χ4v) is 3.40. The molecule has 3 heterocycles. The molecule has 0 atom stereocenters. The third kappa shape index (κ3) is 4.74. The molecule has 166 valence electrons. The third-order valence-corrected chi connectivity index (χ3v) is 5.17. The van der Waals surface area contributed by atoms with Crippen molar-refractivity contribution in [3.05, 3.63) is 71.8 Å². The van der Waals surface area contributed by atoms with E-state index in [1.807, 2.05) is 13.0 Å². The van der Waals surface area contributed by atoms with Gasteiger partial charge < -0.3 is 21.3 Å². The highest BCUT2D eigenvalue weighted by Crippen LogP contribution is 2.30. The van der Waals surface area contributed by atoms with Crippen molar-refractivity contribution in [1.82, 2.24) is 9.97 Å². The maximum atomic E-state index is 12.9. The number of pyridine rings is 2. The Bertz CT molecular complexity index is 1140. The minimum Gasteiger partial charge on any atom is -0.397 e. The largest absolute Gasteiger partial charge is 0.417 e. The first kappa shape index (κ1) is 21.4. The summed E-state index contributed by atoms with van der Waals surface area (Å²) in [5, 5.41) is 5.89. The smallest absolute Gasteiger partial charge is 0.397 e. The highest BCUT2D eigenvalue weighted by molar-refractivity contribution is 6.04. The molecule has 0 bridgehead atoms. The van der Waals surface area contributed by atoms with Crippen molar-refractivity contribution >= 4 is 28.7 Å². The number of nitrogen functional groups attached to an aromatic ring is 1. The monoisotopic (exact) mass is 442 g/mol. The molecule has 1 saturated heterocycles. The van der Waals surface area contributed by atoms with Crippen molar-refractivity contribution in [3.8, 4) is 0 Å². The molecule has 0 saturated carbocycles. The fourth-order valence-electron chi connectivity index (χ4n) is 3.40. The van der Waals surface area contributed by atoms with E-state index in [-0.39, 0.29) is 11.7 Å². The van der Waals surface area contributed by atoms with Crippen LogP contribution in [0.5, 0.6) is 0 Å². The lowest BCUT2D eigenvalue weighted by molar-refractivity contribution is -0.137. The van der Waals surface area contributed by atoms with Crippen LogP contribution >= 0.6 is 0 Å². The third-order valence-electron chi connectivity index (χ3n) is 5.17. The molecule has 1 aromatic carbocycles. The Morgan fingerprint density at radius 1 is 1.09 bits per heavy atom. The molecule has 2 aromatic heterocycles. The predicted octanol–water partition coefficient (Wildman–Crippen LogP) is 3.94. The molecular formula is C22H21F3N6O. The number of hydrogen-bond acceptors (Lipinski definition) is 6. The Hall–Kier alpha value is -3.82. The number of aromatic nitrogens is 2. The Balaban J connectivity index is 1.41. The topological polar surface area (TPSA) is 96.2 Å². The summed E-state index contributed by atoms with van der Waals surface area (Å²) in [6.07, 6.45) is 0.701. The van der Waals surface area contributed by atoms with Gasteiger partial charge in [0.15, 0.2) is 0 Å². The van der Waals surface area contributed by atoms with E-state index in [0.717, 1.165) is 36.1 Å². The number of aryl methyl sites for hydroxylation is 1. The summed E-state index contributed by atoms with van der Waals surface area (Å²) >= 11 is 0. The molecule has 4 N–H and O–H groups in total. The predicted molar refractivity (Wildman–Crippen MR) is 117 cm³/mol. The number of rotatable bonds is 5. The molecule has 1 aliphatic rings. The van der Waals surface area contributed by atoms with Crippen LogP contribution in [0.3, 0.4) is 0 Å². The summed E-state index contributed by atoms with van der Waals surface area (Å²) in [6, 6.07) is 7.99. The second-order valence-corrected chi connectivity index (χ2v) is 7.67. The number of nitrogens with zero attached hydrogens (tertiary/aromatic N) is 3. The number of benzene rings is 1. The Morgan fingerprint density at radius 3 is 2.56 bits per heavy atom. The molecule has 3 aromatic rings. The summed E-state index contributed by atoms with van der Waals surface area (Å²) in [4.78, 5) is 22.4. The van der Waals surface area contributed by atoms with Crippen LogP contribution in [0.25, 0.3) is 0 Å². The zero-order valence-corrected chi connectivity index (χ0v) is 17.1. The minimum absolute atomic E-state index is 0.0229. The zero-order valence-electron chi connectivity index (χ0n) is 17.1. The molecule has 0 radical (unpaired) electrons. The van der Waals surface area contributed by atoms with Crippen LogP contribution in [0.1, 0.15) is 21.5 Å². The highest BCUT2D eigenvalue weighted by atomic mass is 19.4. The number of nitrogens with one attached hydrogen (secondary N) is 2. The van der Waals surface area contributed by atoms with Gasteiger partial charge in [0.25, 0.3) is 5.91 Å². The molecule has 0 aliphatic carbocycles. The van der Waals surface area contributed by atoms with E-state index in [0.29, 0.717) is 17.4 Å². The number of halogens is 3. The molecule has 1 fully saturated rings. The van der Waals surface area contributed by atoms with Crippen molar-refractivity contribution in [1.29, 1.82) is 0 Å². The molecule has 32 heavy (non-hydrogen) atoms. The lowest BCUT2D eigenvalue weighted by atomic mass is 10.0. The lowest BCUT2D eigenvalue weighted by Crippen LogP contribution is -2.55. The molecule has 1 amide bonds. The van der Waals surface area contributed by atoms with Gasteiger partial charge in [-0.3, -0.25) is 14.8 Å². The van der Waals surface area contributed by atoms with Gasteiger partial charge in [0.2, 0.25) is 0 Å². The minimum atomic E-state index is -4.53. The number of carbonyl (C=O) groups is 1. The van der Waals surface area contributed by atoms with E-state index in [1.165, 1.54) is 6.20 Å². The number of alkyl halides is 3. The number of anilines is 4. The van der Waals surface area contributed by atoms with Crippen molar-refractivity contribution < 1.29 is 18.0 Å². The van der Waals surface area contributed by atoms with Crippen molar-refractivity contribution in [2.24, 2.45) is 0 Å². The van der Waals surface area contributed by atoms with Crippen LogP contribution in [0.4, 0.5) is 35.9 Å². The summed E-state index contributed by atoms with van der Waals surface area (Å²) < 4.78 is 38.6. The van der Waals surface area contributed by atoms with Crippen molar-refractivity contribution in [2.75, 3.05) is 34.4 Å². The van der Waals surface area contributed by atoms with Gasteiger partial charge in [-0.15, -0.1) is 0 Å². The standard InChI is InChI=1S/C22H21F3N6O/c1-13-2-3-14(21(32)30-17-5-15(7-27-9-17)22(23,24)25)4-20(13)29-18-11-31(12-18)19-6-16(26)8-28-10-19/h2-10,18,29H,11-12,26H2,1H3,(H,30,32). The fraction of sp³-hybridized carbons (Fsp3) is 0.227. The average molecular weight is 442 g/mol. The van der Waals surface area contributed by atoms with Crippen LogP contribution < -0.4 is 21.3 Å². The second kappa shape index (κ2) is 8.37. The van der Waals surface area contributed by atoms with Crippen molar-refractivity contribution in [3.63, 3.8) is 0 Å². The zero-order chi connectivity index (χ0) is 22.9. The molecule has 7 nitrogen and oxygen atoms in total. The summed E-state index contributed by atoms with van der Waals surface area (Å²) in [6.45, 7) is 3.41. The lowest BCUT2D eigenvalue weighted by Gasteiger charge is -2.42. The highest BCUT2D eigenvalue weighted by Gasteiger charge is 2.31. The molecule has 1 aliphatic heterocycles. The average Bonchev–Trinajstić information content (AvgIpc) is 2.71. The van der Waals surface area contributed by atoms with Gasteiger partial charge >= 0.3 is 6.18 Å². The SMILES string of the molecule is Cc1ccc(C(=O)Nc2cncc(C(F)(F)F)c2)cc1NC1CN(c2cncc(N)c2)C1. The van der Waals surface area contributed by atoms with Gasteiger partial charge in [0, 0.05) is 36.7 Å². The Labute approximate surface area is 182 Å². The molecule has 0 spiro atoms. The Morgan fingerprint density at radius 2 is 1.84 bits per heavy atom. The number of nitrogens with two attached hydrogens (primary N) is 1. The van der Waals surface area contributed by atoms with E-state index in [9.17, 15) is 18.0 Å². The number of amides is 1. The molecule has 0 unspecified atom stereocenters. The van der Waals surface area contributed by atoms with Gasteiger partial charge in [-0.2, -0.15) is 13.2 Å². The van der Waals surface area contributed by atoms with Crippen LogP contribution in [-0.4, -0.2) is 35.0 Å². The van der Waals surface area contributed by atoms with Gasteiger partial charge in [-0.1, -0.05) is 6.07 Å². The first-order valence-corrected chi connectivity index (χ1v) is 9.85. The first-order valence-electron chi connectivity index (χ1n) is 9.85. The summed E-state index contributed by atoms with van der Waals surface area (Å²) in [5.41, 5.74) is 8.44. The van der Waals surface area contributed by atoms with Crippen LogP contribution in [-0.2, 0) is 6.18 Å². The molecule has 10 heteroatoms. The van der Waals surface area contributed by atoms with E-state index in [2.05, 4.69) is 25.5 Å². The first-order chi connectivity index (χ1) is 15.2. The van der Waals surface area contributed by atoms with Gasteiger partial charge in [0.1, 0.15) is 0 Å². The molecule has 4 rings (SSSR count). The summed E-state index contributed by atoms with van der Waals surface area (Å²) in [7, 11) is 0. The second-order valence-electron chi connectivity index (χ2n) is 7.67. The number of carbonyl (C=O) groups excluding carboxylic acids is 1.